The fourth-order valence-electron chi connectivity index (χ4n) is 2.55. The topological polar surface area (TPSA) is 9.23 Å². The van der Waals surface area contributed by atoms with Gasteiger partial charge in [0.2, 0.25) is 0 Å². The third kappa shape index (κ3) is 2.40. The molecule has 0 atom stereocenters. The van der Waals surface area contributed by atoms with Crippen molar-refractivity contribution in [3.8, 4) is 11.5 Å². The maximum atomic E-state index is 6.12. The van der Waals surface area contributed by atoms with Gasteiger partial charge in [0.05, 0.1) is 0 Å². The highest BCUT2D eigenvalue weighted by Gasteiger charge is 2.09. The summed E-state index contributed by atoms with van der Waals surface area (Å²) in [5.74, 6) is 2.04. The Kier molecular flexibility index (Phi) is 3.31. The molecule has 1 nitrogen and oxygen atoms in total. The van der Waals surface area contributed by atoms with Gasteiger partial charge in [-0.05, 0) is 48.9 Å². The Morgan fingerprint density at radius 1 is 0.611 bits per heavy atom. The van der Waals surface area contributed by atoms with Crippen molar-refractivity contribution in [2.24, 2.45) is 0 Å². The largest absolute Gasteiger partial charge is 0.457 e. The lowest BCUT2D eigenvalue weighted by Gasteiger charge is -2.16. The number of rotatable bonds is 0. The first-order valence-electron chi connectivity index (χ1n) is 6.77. The lowest BCUT2D eigenvalue weighted by molar-refractivity contribution is 0.462. The number of benzene rings is 2. The first-order valence-corrected chi connectivity index (χ1v) is 6.77. The monoisotopic (exact) mass is 238 g/mol. The van der Waals surface area contributed by atoms with Crippen LogP contribution in [0.2, 0.25) is 0 Å². The Labute approximate surface area is 108 Å². The lowest BCUT2D eigenvalue weighted by atomic mass is 10.0. The Morgan fingerprint density at radius 3 is 1.67 bits per heavy atom. The standard InChI is InChI=1S/C17H18O/c1-2-8-14-10-4-6-12-16(14)18-17-13-7-5-11-15(17)9-3-1/h4-7,10-13H,1-3,8-9H2. The summed E-state index contributed by atoms with van der Waals surface area (Å²) in [7, 11) is 0. The fraction of sp³-hybridized carbons (Fsp3) is 0.294. The molecule has 0 fully saturated rings. The van der Waals surface area contributed by atoms with Gasteiger partial charge < -0.3 is 4.74 Å². The minimum absolute atomic E-state index is 1.02. The third-order valence-corrected chi connectivity index (χ3v) is 3.56. The average Bonchev–Trinajstić information content (AvgIpc) is 2.42. The maximum Gasteiger partial charge on any atom is 0.130 e. The number of hydrogen-bond donors (Lipinski definition) is 0. The van der Waals surface area contributed by atoms with E-state index in [1.807, 2.05) is 12.1 Å². The number of fused-ring (bicyclic) bond motifs is 2. The molecule has 0 radical (unpaired) electrons. The molecule has 2 aromatic carbocycles. The van der Waals surface area contributed by atoms with Gasteiger partial charge in [0, 0.05) is 0 Å². The molecule has 0 aromatic heterocycles. The van der Waals surface area contributed by atoms with E-state index in [4.69, 9.17) is 4.74 Å². The zero-order chi connectivity index (χ0) is 12.2. The Hall–Kier alpha value is -1.76. The molecule has 92 valence electrons. The van der Waals surface area contributed by atoms with Crippen LogP contribution in [0.5, 0.6) is 11.5 Å². The summed E-state index contributed by atoms with van der Waals surface area (Å²) in [5, 5.41) is 0. The predicted octanol–water partition coefficient (Wildman–Crippen LogP) is 4.75. The van der Waals surface area contributed by atoms with Crippen LogP contribution in [0.4, 0.5) is 0 Å². The Bertz CT molecular complexity index is 483. The van der Waals surface area contributed by atoms with Gasteiger partial charge in [0.1, 0.15) is 11.5 Å². The van der Waals surface area contributed by atoms with E-state index < -0.39 is 0 Å². The molecule has 18 heavy (non-hydrogen) atoms. The van der Waals surface area contributed by atoms with Crippen molar-refractivity contribution in [1.29, 1.82) is 0 Å². The van der Waals surface area contributed by atoms with E-state index in [0.717, 1.165) is 24.3 Å². The molecule has 0 N–H and O–H groups in total. The predicted molar refractivity (Wildman–Crippen MR) is 74.2 cm³/mol. The SMILES string of the molecule is c1ccc2c(c1)CCCCCc1ccccc1O2. The molecule has 0 aliphatic carbocycles. The first-order chi connectivity index (χ1) is 8.93. The van der Waals surface area contributed by atoms with Gasteiger partial charge in [-0.15, -0.1) is 0 Å². The number of para-hydroxylation sites is 2. The molecule has 1 aliphatic heterocycles. The number of hydrogen-bond acceptors (Lipinski definition) is 1. The normalized spacial score (nSPS) is 15.1. The molecule has 1 aliphatic rings. The molecule has 0 unspecified atom stereocenters. The van der Waals surface area contributed by atoms with Gasteiger partial charge in [-0.1, -0.05) is 42.8 Å². The minimum Gasteiger partial charge on any atom is -0.457 e. The number of aryl methyl sites for hydroxylation is 2. The van der Waals surface area contributed by atoms with Crippen LogP contribution >= 0.6 is 0 Å². The van der Waals surface area contributed by atoms with Crippen molar-refractivity contribution in [3.63, 3.8) is 0 Å². The summed E-state index contributed by atoms with van der Waals surface area (Å²) < 4.78 is 6.12. The summed E-state index contributed by atoms with van der Waals surface area (Å²) in [4.78, 5) is 0. The minimum atomic E-state index is 1.02. The van der Waals surface area contributed by atoms with Crippen LogP contribution in [0.25, 0.3) is 0 Å². The van der Waals surface area contributed by atoms with Crippen molar-refractivity contribution < 1.29 is 4.74 Å². The van der Waals surface area contributed by atoms with Crippen molar-refractivity contribution >= 4 is 0 Å². The van der Waals surface area contributed by atoms with E-state index >= 15 is 0 Å². The van der Waals surface area contributed by atoms with Crippen LogP contribution in [0.15, 0.2) is 48.5 Å². The molecule has 3 rings (SSSR count). The fourth-order valence-corrected chi connectivity index (χ4v) is 2.55. The van der Waals surface area contributed by atoms with Gasteiger partial charge >= 0.3 is 0 Å². The van der Waals surface area contributed by atoms with E-state index in [0.29, 0.717) is 0 Å². The van der Waals surface area contributed by atoms with E-state index in [2.05, 4.69) is 36.4 Å². The van der Waals surface area contributed by atoms with Crippen molar-refractivity contribution in [3.05, 3.63) is 59.7 Å². The molecular formula is C17H18O. The molecule has 0 saturated carbocycles. The quantitative estimate of drug-likeness (QED) is 0.643. The second kappa shape index (κ2) is 5.26. The molecule has 0 bridgehead atoms. The average molecular weight is 238 g/mol. The van der Waals surface area contributed by atoms with Crippen LogP contribution in [-0.2, 0) is 12.8 Å². The molecule has 2 aromatic rings. The second-order valence-corrected chi connectivity index (χ2v) is 4.88. The molecule has 1 heterocycles. The Balaban J connectivity index is 2.00. The second-order valence-electron chi connectivity index (χ2n) is 4.88. The van der Waals surface area contributed by atoms with E-state index in [9.17, 15) is 0 Å². The summed E-state index contributed by atoms with van der Waals surface area (Å²) >= 11 is 0. The summed E-state index contributed by atoms with van der Waals surface area (Å²) in [5.41, 5.74) is 2.66. The van der Waals surface area contributed by atoms with Crippen LogP contribution in [0.3, 0.4) is 0 Å². The zero-order valence-corrected chi connectivity index (χ0v) is 10.6. The number of ether oxygens (including phenoxy) is 1. The Morgan fingerprint density at radius 2 is 1.11 bits per heavy atom. The summed E-state index contributed by atoms with van der Waals surface area (Å²) in [6, 6.07) is 16.8. The molecular weight excluding hydrogens is 220 g/mol. The van der Waals surface area contributed by atoms with Gasteiger partial charge in [0.25, 0.3) is 0 Å². The summed E-state index contributed by atoms with van der Waals surface area (Å²) in [6.07, 6.45) is 6.05. The van der Waals surface area contributed by atoms with Crippen molar-refractivity contribution in [2.45, 2.75) is 32.1 Å². The van der Waals surface area contributed by atoms with E-state index in [1.54, 1.807) is 0 Å². The van der Waals surface area contributed by atoms with Gasteiger partial charge in [0.15, 0.2) is 0 Å². The highest BCUT2D eigenvalue weighted by Crippen LogP contribution is 2.31. The van der Waals surface area contributed by atoms with Crippen LogP contribution < -0.4 is 4.74 Å². The van der Waals surface area contributed by atoms with Crippen LogP contribution in [-0.4, -0.2) is 0 Å². The van der Waals surface area contributed by atoms with Gasteiger partial charge in [-0.25, -0.2) is 0 Å². The van der Waals surface area contributed by atoms with E-state index in [1.165, 1.54) is 30.4 Å². The zero-order valence-electron chi connectivity index (χ0n) is 10.6. The maximum absolute atomic E-state index is 6.12. The molecule has 1 heteroatoms. The highest BCUT2D eigenvalue weighted by molar-refractivity contribution is 5.41. The van der Waals surface area contributed by atoms with Gasteiger partial charge in [-0.3, -0.25) is 0 Å². The van der Waals surface area contributed by atoms with Crippen molar-refractivity contribution in [2.75, 3.05) is 0 Å². The molecule has 0 spiro atoms. The highest BCUT2D eigenvalue weighted by atomic mass is 16.5. The lowest BCUT2D eigenvalue weighted by Crippen LogP contribution is -1.98. The van der Waals surface area contributed by atoms with Gasteiger partial charge in [-0.2, -0.15) is 0 Å². The molecule has 0 saturated heterocycles. The van der Waals surface area contributed by atoms with Crippen molar-refractivity contribution in [1.82, 2.24) is 0 Å². The summed E-state index contributed by atoms with van der Waals surface area (Å²) in [6.45, 7) is 0. The van der Waals surface area contributed by atoms with Crippen LogP contribution in [0.1, 0.15) is 30.4 Å². The van der Waals surface area contributed by atoms with Crippen LogP contribution in [0, 0.1) is 0 Å². The third-order valence-electron chi connectivity index (χ3n) is 3.56. The smallest absolute Gasteiger partial charge is 0.130 e. The molecule has 0 amide bonds. The van der Waals surface area contributed by atoms with E-state index in [-0.39, 0.29) is 0 Å². The first kappa shape index (κ1) is 11.3.